The number of para-hydroxylation sites is 2. The predicted molar refractivity (Wildman–Crippen MR) is 108 cm³/mol. The minimum atomic E-state index is -0.366. The van der Waals surface area contributed by atoms with Crippen molar-refractivity contribution in [2.45, 2.75) is 38.1 Å². The van der Waals surface area contributed by atoms with Crippen LogP contribution in [-0.2, 0) is 0 Å². The zero-order valence-corrected chi connectivity index (χ0v) is 15.8. The van der Waals surface area contributed by atoms with E-state index >= 15 is 0 Å². The molecule has 2 aromatic carbocycles. The molecule has 5 nitrogen and oxygen atoms in total. The highest BCUT2D eigenvalue weighted by Crippen LogP contribution is 2.33. The van der Waals surface area contributed by atoms with Gasteiger partial charge in [-0.1, -0.05) is 61.7 Å². The van der Waals surface area contributed by atoms with E-state index in [1.54, 1.807) is 29.5 Å². The number of nitro groups is 1. The molecule has 3 aromatic rings. The number of aromatic nitrogens is 1. The highest BCUT2D eigenvalue weighted by molar-refractivity contribution is 7.07. The Kier molecular flexibility index (Phi) is 5.16. The number of nitro benzene ring substituents is 1. The van der Waals surface area contributed by atoms with Crippen LogP contribution in [0.3, 0.4) is 0 Å². The molecule has 0 aliphatic heterocycles. The predicted octanol–water partition coefficient (Wildman–Crippen LogP) is 5.86. The van der Waals surface area contributed by atoms with Crippen LogP contribution in [0, 0.1) is 10.1 Å². The molecule has 0 unspecified atom stereocenters. The molecule has 1 heterocycles. The minimum absolute atomic E-state index is 0.0438. The summed E-state index contributed by atoms with van der Waals surface area (Å²) in [6, 6.07) is 17.4. The van der Waals surface area contributed by atoms with Gasteiger partial charge in [0, 0.05) is 17.5 Å². The van der Waals surface area contributed by atoms with Gasteiger partial charge in [-0.05, 0) is 24.5 Å². The van der Waals surface area contributed by atoms with E-state index < -0.39 is 0 Å². The third kappa shape index (κ3) is 3.71. The summed E-state index contributed by atoms with van der Waals surface area (Å²) in [7, 11) is 0. The Labute approximate surface area is 161 Å². The lowest BCUT2D eigenvalue weighted by atomic mass is 9.95. The smallest absolute Gasteiger partial charge is 0.294 e. The molecule has 27 heavy (non-hydrogen) atoms. The molecule has 1 aliphatic carbocycles. The summed E-state index contributed by atoms with van der Waals surface area (Å²) < 4.78 is 2.30. The van der Waals surface area contributed by atoms with Crippen LogP contribution in [-0.4, -0.2) is 9.49 Å². The van der Waals surface area contributed by atoms with Crippen molar-refractivity contribution in [1.29, 1.82) is 0 Å². The lowest BCUT2D eigenvalue weighted by molar-refractivity contribution is -0.384. The fourth-order valence-electron chi connectivity index (χ4n) is 3.73. The van der Waals surface area contributed by atoms with Crippen LogP contribution < -0.4 is 4.80 Å². The topological polar surface area (TPSA) is 60.4 Å². The third-order valence-electron chi connectivity index (χ3n) is 5.05. The highest BCUT2D eigenvalue weighted by Gasteiger charge is 2.21. The molecule has 6 heteroatoms. The summed E-state index contributed by atoms with van der Waals surface area (Å²) in [5.74, 6) is 0. The zero-order chi connectivity index (χ0) is 18.6. The summed E-state index contributed by atoms with van der Waals surface area (Å²) in [5.41, 5.74) is 2.75. The van der Waals surface area contributed by atoms with E-state index in [4.69, 9.17) is 4.99 Å². The Morgan fingerprint density at radius 3 is 2.44 bits per heavy atom. The first-order valence-corrected chi connectivity index (χ1v) is 10.2. The lowest BCUT2D eigenvalue weighted by Crippen LogP contribution is -2.23. The number of rotatable bonds is 4. The van der Waals surface area contributed by atoms with Gasteiger partial charge in [-0.25, -0.2) is 4.99 Å². The fraction of sp³-hybridized carbons (Fsp3) is 0.286. The summed E-state index contributed by atoms with van der Waals surface area (Å²) in [6.07, 6.45) is 5.96. The first kappa shape index (κ1) is 17.7. The number of hydrogen-bond donors (Lipinski definition) is 0. The number of hydrogen-bond acceptors (Lipinski definition) is 4. The van der Waals surface area contributed by atoms with Gasteiger partial charge in [-0.15, -0.1) is 11.3 Å². The zero-order valence-electron chi connectivity index (χ0n) is 15.0. The standard InChI is InChI=1S/C21H21N3O2S/c25-24(26)19-14-8-7-13-18(19)22-21-23(17-11-5-2-6-12-17)20(15-27-21)16-9-3-1-4-10-16/h1,3-4,7-10,13-15,17H,2,5-6,11-12H2. The molecule has 0 atom stereocenters. The monoisotopic (exact) mass is 379 g/mol. The summed E-state index contributed by atoms with van der Waals surface area (Å²) in [6.45, 7) is 0. The van der Waals surface area contributed by atoms with E-state index in [-0.39, 0.29) is 10.6 Å². The van der Waals surface area contributed by atoms with Gasteiger partial charge < -0.3 is 4.57 Å². The van der Waals surface area contributed by atoms with E-state index in [0.29, 0.717) is 11.7 Å². The SMILES string of the molecule is O=[N+]([O-])c1ccccc1N=c1scc(-c2ccccc2)n1C1CCCCC1. The summed E-state index contributed by atoms with van der Waals surface area (Å²) in [4.78, 5) is 16.6. The summed E-state index contributed by atoms with van der Waals surface area (Å²) >= 11 is 1.55. The molecule has 1 saturated carbocycles. The van der Waals surface area contributed by atoms with Crippen LogP contribution >= 0.6 is 11.3 Å². The quantitative estimate of drug-likeness (QED) is 0.421. The second-order valence-corrected chi connectivity index (χ2v) is 7.63. The van der Waals surface area contributed by atoms with Crippen LogP contribution in [0.4, 0.5) is 11.4 Å². The highest BCUT2D eigenvalue weighted by atomic mass is 32.1. The molecular weight excluding hydrogens is 358 g/mol. The second-order valence-electron chi connectivity index (χ2n) is 6.79. The van der Waals surface area contributed by atoms with E-state index in [9.17, 15) is 10.1 Å². The largest absolute Gasteiger partial charge is 0.313 e. The second kappa shape index (κ2) is 7.88. The Bertz CT molecular complexity index is 1000. The van der Waals surface area contributed by atoms with Crippen LogP contribution in [0.2, 0.25) is 0 Å². The van der Waals surface area contributed by atoms with Crippen molar-refractivity contribution in [2.75, 3.05) is 0 Å². The first-order chi connectivity index (χ1) is 13.2. The Balaban J connectivity index is 1.89. The van der Waals surface area contributed by atoms with Crippen LogP contribution in [0.25, 0.3) is 11.3 Å². The maximum Gasteiger partial charge on any atom is 0.294 e. The number of thiazole rings is 1. The minimum Gasteiger partial charge on any atom is -0.313 e. The molecule has 0 saturated heterocycles. The molecule has 0 N–H and O–H groups in total. The van der Waals surface area contributed by atoms with Crippen molar-refractivity contribution in [1.82, 2.24) is 4.57 Å². The van der Waals surface area contributed by atoms with Crippen LogP contribution in [0.1, 0.15) is 38.1 Å². The maximum atomic E-state index is 11.4. The number of benzene rings is 2. The van der Waals surface area contributed by atoms with Gasteiger partial charge in [-0.3, -0.25) is 10.1 Å². The average Bonchev–Trinajstić information content (AvgIpc) is 3.13. The van der Waals surface area contributed by atoms with Crippen molar-refractivity contribution in [3.63, 3.8) is 0 Å². The summed E-state index contributed by atoms with van der Waals surface area (Å²) in [5, 5.41) is 13.5. The third-order valence-corrected chi connectivity index (χ3v) is 5.89. The first-order valence-electron chi connectivity index (χ1n) is 9.27. The Morgan fingerprint density at radius 1 is 1.00 bits per heavy atom. The molecule has 4 rings (SSSR count). The lowest BCUT2D eigenvalue weighted by Gasteiger charge is -2.25. The molecular formula is C21H21N3O2S. The van der Waals surface area contributed by atoms with E-state index in [2.05, 4.69) is 22.1 Å². The van der Waals surface area contributed by atoms with Gasteiger partial charge in [0.05, 0.1) is 10.6 Å². The average molecular weight is 379 g/mol. The fourth-order valence-corrected chi connectivity index (χ4v) is 4.71. The molecule has 138 valence electrons. The van der Waals surface area contributed by atoms with Gasteiger partial charge in [0.15, 0.2) is 4.80 Å². The van der Waals surface area contributed by atoms with Crippen LogP contribution in [0.5, 0.6) is 0 Å². The van der Waals surface area contributed by atoms with Crippen molar-refractivity contribution < 1.29 is 4.92 Å². The van der Waals surface area contributed by atoms with Crippen LogP contribution in [0.15, 0.2) is 65.0 Å². The molecule has 0 spiro atoms. The van der Waals surface area contributed by atoms with Gasteiger partial charge in [-0.2, -0.15) is 0 Å². The maximum absolute atomic E-state index is 11.4. The number of nitrogens with zero attached hydrogens (tertiary/aromatic N) is 3. The molecule has 1 aliphatic rings. The van der Waals surface area contributed by atoms with Gasteiger partial charge in [0.1, 0.15) is 5.69 Å². The van der Waals surface area contributed by atoms with Crippen molar-refractivity contribution in [3.05, 3.63) is 74.9 Å². The molecule has 1 fully saturated rings. The molecule has 0 amide bonds. The van der Waals surface area contributed by atoms with Gasteiger partial charge in [0.2, 0.25) is 0 Å². The van der Waals surface area contributed by atoms with Crippen molar-refractivity contribution in [3.8, 4) is 11.3 Å². The van der Waals surface area contributed by atoms with Gasteiger partial charge in [0.25, 0.3) is 5.69 Å². The van der Waals surface area contributed by atoms with Gasteiger partial charge >= 0.3 is 0 Å². The van der Waals surface area contributed by atoms with Crippen molar-refractivity contribution >= 4 is 22.7 Å². The van der Waals surface area contributed by atoms with E-state index in [0.717, 1.165) is 28.9 Å². The van der Waals surface area contributed by atoms with Crippen molar-refractivity contribution in [2.24, 2.45) is 4.99 Å². The normalized spacial score (nSPS) is 15.8. The molecule has 1 aromatic heterocycles. The molecule has 0 radical (unpaired) electrons. The van der Waals surface area contributed by atoms with E-state index in [1.165, 1.54) is 25.3 Å². The molecule has 0 bridgehead atoms. The Hall–Kier alpha value is -2.73. The Morgan fingerprint density at radius 2 is 1.70 bits per heavy atom. The van der Waals surface area contributed by atoms with E-state index in [1.807, 2.05) is 18.2 Å².